The van der Waals surface area contributed by atoms with Crippen molar-refractivity contribution in [1.82, 2.24) is 9.13 Å². The minimum atomic E-state index is -1.04. The molecule has 0 saturated carbocycles. The van der Waals surface area contributed by atoms with Crippen LogP contribution in [0.5, 0.6) is 0 Å². The standard InChI is InChI=1S/C13H14N2O4/c1-8-4-3-5-9-11(8)12(18)15(7-6-10(16)17)13(19)14(9)2/h3-5H,6-7H2,1-2H3,(H,16,17). The molecule has 2 aromatic rings. The molecule has 0 atom stereocenters. The van der Waals surface area contributed by atoms with Crippen molar-refractivity contribution < 1.29 is 9.90 Å². The molecule has 19 heavy (non-hydrogen) atoms. The molecule has 0 bridgehead atoms. The maximum atomic E-state index is 12.3. The van der Waals surface area contributed by atoms with Gasteiger partial charge in [-0.25, -0.2) is 4.79 Å². The fourth-order valence-corrected chi connectivity index (χ4v) is 2.12. The normalized spacial score (nSPS) is 10.8. The Morgan fingerprint density at radius 1 is 1.32 bits per heavy atom. The van der Waals surface area contributed by atoms with Gasteiger partial charge >= 0.3 is 11.7 Å². The second-order valence-electron chi connectivity index (χ2n) is 4.41. The van der Waals surface area contributed by atoms with Crippen molar-refractivity contribution in [3.8, 4) is 0 Å². The summed E-state index contributed by atoms with van der Waals surface area (Å²) < 4.78 is 2.34. The minimum absolute atomic E-state index is 0.120. The van der Waals surface area contributed by atoms with Crippen LogP contribution in [-0.2, 0) is 18.4 Å². The summed E-state index contributed by atoms with van der Waals surface area (Å²) in [6, 6.07) is 5.26. The van der Waals surface area contributed by atoms with Crippen molar-refractivity contribution in [3.05, 3.63) is 44.6 Å². The summed E-state index contributed by atoms with van der Waals surface area (Å²) in [6.07, 6.45) is -0.257. The van der Waals surface area contributed by atoms with Crippen LogP contribution in [-0.4, -0.2) is 20.2 Å². The first-order valence-electron chi connectivity index (χ1n) is 5.84. The maximum Gasteiger partial charge on any atom is 0.331 e. The van der Waals surface area contributed by atoms with Gasteiger partial charge in [0.25, 0.3) is 5.56 Å². The summed E-state index contributed by atoms with van der Waals surface area (Å²) in [4.78, 5) is 34.9. The van der Waals surface area contributed by atoms with Gasteiger partial charge in [0.15, 0.2) is 0 Å². The second kappa shape index (κ2) is 4.72. The van der Waals surface area contributed by atoms with Crippen molar-refractivity contribution in [2.24, 2.45) is 7.05 Å². The smallest absolute Gasteiger partial charge is 0.331 e. The van der Waals surface area contributed by atoms with Crippen LogP contribution in [0.3, 0.4) is 0 Å². The molecule has 0 spiro atoms. The first-order chi connectivity index (χ1) is 8.93. The second-order valence-corrected chi connectivity index (χ2v) is 4.41. The molecular formula is C13H14N2O4. The van der Waals surface area contributed by atoms with E-state index in [-0.39, 0.29) is 13.0 Å². The Morgan fingerprint density at radius 2 is 2.00 bits per heavy atom. The average Bonchev–Trinajstić information content (AvgIpc) is 2.35. The van der Waals surface area contributed by atoms with E-state index in [1.54, 1.807) is 32.2 Å². The lowest BCUT2D eigenvalue weighted by Gasteiger charge is -2.11. The van der Waals surface area contributed by atoms with E-state index >= 15 is 0 Å². The summed E-state index contributed by atoms with van der Waals surface area (Å²) in [5, 5.41) is 9.12. The summed E-state index contributed by atoms with van der Waals surface area (Å²) in [6.45, 7) is 1.67. The number of aryl methyl sites for hydroxylation is 2. The Balaban J connectivity index is 2.79. The van der Waals surface area contributed by atoms with Crippen molar-refractivity contribution in [3.63, 3.8) is 0 Å². The van der Waals surface area contributed by atoms with Crippen LogP contribution in [0, 0.1) is 6.92 Å². The number of benzene rings is 1. The Bertz CT molecular complexity index is 771. The summed E-state index contributed by atoms with van der Waals surface area (Å²) in [7, 11) is 1.57. The molecule has 1 N–H and O–H groups in total. The van der Waals surface area contributed by atoms with E-state index in [4.69, 9.17) is 5.11 Å². The quantitative estimate of drug-likeness (QED) is 0.872. The molecule has 1 heterocycles. The number of aliphatic carboxylic acids is 1. The zero-order valence-electron chi connectivity index (χ0n) is 10.7. The van der Waals surface area contributed by atoms with Crippen LogP contribution in [0.1, 0.15) is 12.0 Å². The number of carboxylic acids is 1. The Hall–Kier alpha value is -2.37. The van der Waals surface area contributed by atoms with Crippen molar-refractivity contribution in [2.75, 3.05) is 0 Å². The van der Waals surface area contributed by atoms with E-state index in [0.717, 1.165) is 10.1 Å². The van der Waals surface area contributed by atoms with Crippen LogP contribution in [0.25, 0.3) is 10.9 Å². The van der Waals surface area contributed by atoms with Gasteiger partial charge < -0.3 is 5.11 Å². The zero-order valence-corrected chi connectivity index (χ0v) is 10.7. The molecule has 0 unspecified atom stereocenters. The fourth-order valence-electron chi connectivity index (χ4n) is 2.12. The van der Waals surface area contributed by atoms with Crippen molar-refractivity contribution >= 4 is 16.9 Å². The molecule has 6 heteroatoms. The molecular weight excluding hydrogens is 248 g/mol. The maximum absolute atomic E-state index is 12.3. The minimum Gasteiger partial charge on any atom is -0.481 e. The van der Waals surface area contributed by atoms with E-state index < -0.39 is 17.2 Å². The number of hydrogen-bond acceptors (Lipinski definition) is 3. The van der Waals surface area contributed by atoms with E-state index in [9.17, 15) is 14.4 Å². The third kappa shape index (κ3) is 2.16. The Morgan fingerprint density at radius 3 is 2.63 bits per heavy atom. The number of rotatable bonds is 3. The van der Waals surface area contributed by atoms with Crippen molar-refractivity contribution in [1.29, 1.82) is 0 Å². The number of hydrogen-bond donors (Lipinski definition) is 1. The lowest BCUT2D eigenvalue weighted by molar-refractivity contribution is -0.137. The highest BCUT2D eigenvalue weighted by atomic mass is 16.4. The predicted molar refractivity (Wildman–Crippen MR) is 70.4 cm³/mol. The largest absolute Gasteiger partial charge is 0.481 e. The lowest BCUT2D eigenvalue weighted by atomic mass is 10.1. The molecule has 0 saturated heterocycles. The van der Waals surface area contributed by atoms with Crippen LogP contribution < -0.4 is 11.2 Å². The molecule has 0 aliphatic rings. The molecule has 0 amide bonds. The molecule has 0 aliphatic heterocycles. The van der Waals surface area contributed by atoms with Crippen LogP contribution in [0.2, 0.25) is 0 Å². The monoisotopic (exact) mass is 262 g/mol. The number of fused-ring (bicyclic) bond motifs is 1. The van der Waals surface area contributed by atoms with Gasteiger partial charge in [0.1, 0.15) is 0 Å². The molecule has 1 aromatic carbocycles. The molecule has 2 rings (SSSR count). The van der Waals surface area contributed by atoms with Gasteiger partial charge in [-0.1, -0.05) is 12.1 Å². The number of carbonyl (C=O) groups is 1. The third-order valence-corrected chi connectivity index (χ3v) is 3.14. The van der Waals surface area contributed by atoms with E-state index in [0.29, 0.717) is 10.9 Å². The highest BCUT2D eigenvalue weighted by Crippen LogP contribution is 2.11. The molecule has 6 nitrogen and oxygen atoms in total. The number of aromatic nitrogens is 2. The first kappa shape index (κ1) is 13.1. The van der Waals surface area contributed by atoms with E-state index in [2.05, 4.69) is 0 Å². The Labute approximate surface area is 108 Å². The average molecular weight is 262 g/mol. The molecule has 0 aliphatic carbocycles. The van der Waals surface area contributed by atoms with Crippen LogP contribution in [0.4, 0.5) is 0 Å². The van der Waals surface area contributed by atoms with Gasteiger partial charge in [-0.05, 0) is 18.6 Å². The Kier molecular flexibility index (Phi) is 3.25. The summed E-state index contributed by atoms with van der Waals surface area (Å²) >= 11 is 0. The first-order valence-corrected chi connectivity index (χ1v) is 5.84. The fraction of sp³-hybridized carbons (Fsp3) is 0.308. The van der Waals surface area contributed by atoms with Gasteiger partial charge in [-0.2, -0.15) is 0 Å². The highest BCUT2D eigenvalue weighted by Gasteiger charge is 2.13. The zero-order chi connectivity index (χ0) is 14.2. The third-order valence-electron chi connectivity index (χ3n) is 3.14. The molecule has 100 valence electrons. The van der Waals surface area contributed by atoms with Gasteiger partial charge in [0.2, 0.25) is 0 Å². The highest BCUT2D eigenvalue weighted by molar-refractivity contribution is 5.81. The SMILES string of the molecule is Cc1cccc2c1c(=O)n(CCC(=O)O)c(=O)n2C. The topological polar surface area (TPSA) is 81.3 Å². The molecule has 1 aromatic heterocycles. The van der Waals surface area contributed by atoms with Gasteiger partial charge in [-0.15, -0.1) is 0 Å². The van der Waals surface area contributed by atoms with Gasteiger partial charge in [-0.3, -0.25) is 18.7 Å². The lowest BCUT2D eigenvalue weighted by Crippen LogP contribution is -2.39. The summed E-state index contributed by atoms with van der Waals surface area (Å²) in [5.74, 6) is -1.04. The van der Waals surface area contributed by atoms with Gasteiger partial charge in [0.05, 0.1) is 17.3 Å². The van der Waals surface area contributed by atoms with Crippen LogP contribution in [0.15, 0.2) is 27.8 Å². The van der Waals surface area contributed by atoms with E-state index in [1.807, 2.05) is 0 Å². The number of carboxylic acid groups (broad SMARTS) is 1. The molecule has 0 fully saturated rings. The summed E-state index contributed by atoms with van der Waals surface area (Å²) in [5.41, 5.74) is 0.394. The van der Waals surface area contributed by atoms with Gasteiger partial charge in [0, 0.05) is 13.6 Å². The number of nitrogens with zero attached hydrogens (tertiary/aromatic N) is 2. The predicted octanol–water partition coefficient (Wildman–Crippen LogP) is 0.483. The molecule has 0 radical (unpaired) electrons. The van der Waals surface area contributed by atoms with Crippen LogP contribution >= 0.6 is 0 Å². The van der Waals surface area contributed by atoms with E-state index in [1.165, 1.54) is 4.57 Å². The van der Waals surface area contributed by atoms with Crippen molar-refractivity contribution in [2.45, 2.75) is 19.9 Å².